The standard InChI is InChI=1S/C22H24BrClN2O3/c1-2-29-22(28)26-9-7-13(8-10-26)19-16-6-4-15(24)11-14(16)3-5-17-20(19)25-12-18(23)21(17)27/h4,6,11-12,22,28H,2-3,5,7-10H2,1H3,(H,25,27). The van der Waals surface area contributed by atoms with Crippen LogP contribution < -0.4 is 5.43 Å². The van der Waals surface area contributed by atoms with Gasteiger partial charge in [-0.1, -0.05) is 23.2 Å². The fourth-order valence-corrected chi connectivity index (χ4v) is 4.85. The minimum Gasteiger partial charge on any atom is -0.360 e. The Morgan fingerprint density at radius 1 is 1.28 bits per heavy atom. The lowest BCUT2D eigenvalue weighted by Crippen LogP contribution is -2.41. The van der Waals surface area contributed by atoms with Crippen molar-refractivity contribution in [1.29, 1.82) is 0 Å². The van der Waals surface area contributed by atoms with Crippen molar-refractivity contribution in [1.82, 2.24) is 9.88 Å². The van der Waals surface area contributed by atoms with Crippen molar-refractivity contribution in [2.75, 3.05) is 19.7 Å². The van der Waals surface area contributed by atoms with Crippen LogP contribution in [0.5, 0.6) is 0 Å². The lowest BCUT2D eigenvalue weighted by Gasteiger charge is -2.33. The van der Waals surface area contributed by atoms with Crippen LogP contribution in [0.4, 0.5) is 0 Å². The summed E-state index contributed by atoms with van der Waals surface area (Å²) in [6.07, 6.45) is 3.92. The second kappa shape index (κ2) is 8.74. The molecule has 0 amide bonds. The SMILES string of the molecule is CCOC(O)N1CCC(=C2c3ccc(Cl)cc3CCc3c2[nH]cc(Br)c3=O)CC1. The molecule has 1 aromatic heterocycles. The first-order valence-electron chi connectivity index (χ1n) is 9.94. The number of hydrogen-bond donors (Lipinski definition) is 2. The number of aliphatic hydroxyl groups excluding tert-OH is 1. The van der Waals surface area contributed by atoms with E-state index < -0.39 is 6.41 Å². The number of aromatic nitrogens is 1. The summed E-state index contributed by atoms with van der Waals surface area (Å²) in [6, 6.07) is 5.99. The van der Waals surface area contributed by atoms with Crippen molar-refractivity contribution in [3.05, 3.63) is 72.1 Å². The van der Waals surface area contributed by atoms with Gasteiger partial charge in [-0.05, 0) is 71.8 Å². The van der Waals surface area contributed by atoms with Crippen molar-refractivity contribution in [2.24, 2.45) is 0 Å². The minimum atomic E-state index is -0.866. The smallest absolute Gasteiger partial charge is 0.216 e. The molecule has 1 aromatic carbocycles. The van der Waals surface area contributed by atoms with Gasteiger partial charge in [-0.15, -0.1) is 0 Å². The Hall–Kier alpha value is -1.44. The second-order valence-corrected chi connectivity index (χ2v) is 8.71. The Morgan fingerprint density at radius 3 is 2.76 bits per heavy atom. The Balaban J connectivity index is 1.81. The number of likely N-dealkylation sites (tertiary alicyclic amines) is 1. The van der Waals surface area contributed by atoms with Gasteiger partial charge in [0.1, 0.15) is 0 Å². The van der Waals surface area contributed by atoms with Crippen LogP contribution in [0.2, 0.25) is 5.02 Å². The number of nitrogens with zero attached hydrogens (tertiary/aromatic N) is 1. The first-order chi connectivity index (χ1) is 14.0. The average molecular weight is 480 g/mol. The highest BCUT2D eigenvalue weighted by Gasteiger charge is 2.28. The Labute approximate surface area is 183 Å². The van der Waals surface area contributed by atoms with Gasteiger partial charge in [-0.3, -0.25) is 9.69 Å². The molecule has 0 bridgehead atoms. The van der Waals surface area contributed by atoms with Gasteiger partial charge in [0.2, 0.25) is 6.41 Å². The first-order valence-corrected chi connectivity index (χ1v) is 11.1. The minimum absolute atomic E-state index is 0.0416. The molecular formula is C22H24BrClN2O3. The Kier molecular flexibility index (Phi) is 6.27. The summed E-state index contributed by atoms with van der Waals surface area (Å²) in [4.78, 5) is 18.2. The number of pyridine rings is 1. The van der Waals surface area contributed by atoms with E-state index in [0.717, 1.165) is 47.2 Å². The van der Waals surface area contributed by atoms with E-state index in [1.54, 1.807) is 6.20 Å². The number of aromatic amines is 1. The lowest BCUT2D eigenvalue weighted by molar-refractivity contribution is -0.192. The molecule has 5 nitrogen and oxygen atoms in total. The van der Waals surface area contributed by atoms with Crippen molar-refractivity contribution in [2.45, 2.75) is 39.0 Å². The van der Waals surface area contributed by atoms with Crippen LogP contribution in [0.25, 0.3) is 5.57 Å². The number of H-pyrrole nitrogens is 1. The number of fused-ring (bicyclic) bond motifs is 2. The highest BCUT2D eigenvalue weighted by Crippen LogP contribution is 2.38. The molecule has 2 aliphatic rings. The Bertz CT molecular complexity index is 1010. The van der Waals surface area contributed by atoms with E-state index in [4.69, 9.17) is 16.3 Å². The number of piperidine rings is 1. The van der Waals surface area contributed by atoms with Crippen LogP contribution in [-0.2, 0) is 17.6 Å². The average Bonchev–Trinajstić information content (AvgIpc) is 2.88. The molecular weight excluding hydrogens is 456 g/mol. The predicted molar refractivity (Wildman–Crippen MR) is 118 cm³/mol. The van der Waals surface area contributed by atoms with Crippen molar-refractivity contribution in [3.63, 3.8) is 0 Å². The summed E-state index contributed by atoms with van der Waals surface area (Å²) in [5.41, 5.74) is 6.46. The van der Waals surface area contributed by atoms with Crippen LogP contribution in [0.3, 0.4) is 0 Å². The van der Waals surface area contributed by atoms with E-state index >= 15 is 0 Å². The lowest BCUT2D eigenvalue weighted by atomic mass is 9.88. The van der Waals surface area contributed by atoms with Crippen molar-refractivity contribution >= 4 is 33.1 Å². The third-order valence-electron chi connectivity index (χ3n) is 5.75. The summed E-state index contributed by atoms with van der Waals surface area (Å²) in [7, 11) is 0. The van der Waals surface area contributed by atoms with Crippen LogP contribution in [0.1, 0.15) is 42.1 Å². The fourth-order valence-electron chi connectivity index (χ4n) is 4.30. The third-order valence-corrected chi connectivity index (χ3v) is 6.57. The predicted octanol–water partition coefficient (Wildman–Crippen LogP) is 4.10. The number of ether oxygens (including phenoxy) is 1. The third kappa shape index (κ3) is 4.09. The topological polar surface area (TPSA) is 65.6 Å². The maximum Gasteiger partial charge on any atom is 0.216 e. The van der Waals surface area contributed by atoms with Gasteiger partial charge in [0.15, 0.2) is 5.43 Å². The van der Waals surface area contributed by atoms with Crippen molar-refractivity contribution in [3.8, 4) is 0 Å². The number of rotatable bonds is 3. The first kappa shape index (κ1) is 20.8. The molecule has 4 rings (SSSR count). The highest BCUT2D eigenvalue weighted by molar-refractivity contribution is 9.10. The van der Waals surface area contributed by atoms with Gasteiger partial charge in [0, 0.05) is 42.1 Å². The quantitative estimate of drug-likeness (QED) is 0.651. The molecule has 29 heavy (non-hydrogen) atoms. The molecule has 154 valence electrons. The summed E-state index contributed by atoms with van der Waals surface area (Å²) < 4.78 is 5.89. The monoisotopic (exact) mass is 478 g/mol. The van der Waals surface area contributed by atoms with Crippen LogP contribution >= 0.6 is 27.5 Å². The van der Waals surface area contributed by atoms with E-state index in [2.05, 4.69) is 27.0 Å². The molecule has 7 heteroatoms. The van der Waals surface area contributed by atoms with Gasteiger partial charge < -0.3 is 14.8 Å². The molecule has 2 aromatic rings. The molecule has 0 radical (unpaired) electrons. The van der Waals surface area contributed by atoms with E-state index in [-0.39, 0.29) is 5.43 Å². The number of nitrogens with one attached hydrogen (secondary N) is 1. The van der Waals surface area contributed by atoms with E-state index in [9.17, 15) is 9.90 Å². The van der Waals surface area contributed by atoms with Gasteiger partial charge in [-0.25, -0.2) is 0 Å². The summed E-state index contributed by atoms with van der Waals surface area (Å²) in [5, 5.41) is 10.9. The van der Waals surface area contributed by atoms with Gasteiger partial charge >= 0.3 is 0 Å². The number of halogens is 2. The van der Waals surface area contributed by atoms with E-state index in [1.807, 2.05) is 24.0 Å². The summed E-state index contributed by atoms with van der Waals surface area (Å²) in [6.45, 7) is 3.76. The summed E-state index contributed by atoms with van der Waals surface area (Å²) in [5.74, 6) is 0. The fraction of sp³-hybridized carbons (Fsp3) is 0.409. The number of benzene rings is 1. The number of aliphatic hydroxyl groups is 1. The highest BCUT2D eigenvalue weighted by atomic mass is 79.9. The molecule has 1 atom stereocenters. The molecule has 1 aliphatic heterocycles. The normalized spacial score (nSPS) is 18.2. The Morgan fingerprint density at radius 2 is 2.03 bits per heavy atom. The summed E-state index contributed by atoms with van der Waals surface area (Å²) >= 11 is 9.65. The molecule has 2 heterocycles. The van der Waals surface area contributed by atoms with Crippen molar-refractivity contribution < 1.29 is 9.84 Å². The largest absolute Gasteiger partial charge is 0.360 e. The zero-order chi connectivity index (χ0) is 20.5. The number of aryl methyl sites for hydroxylation is 1. The molecule has 2 N–H and O–H groups in total. The van der Waals surface area contributed by atoms with E-state index in [1.165, 1.54) is 5.57 Å². The molecule has 1 unspecified atom stereocenters. The molecule has 1 aliphatic carbocycles. The van der Waals surface area contributed by atoms with Gasteiger partial charge in [0.25, 0.3) is 0 Å². The van der Waals surface area contributed by atoms with Crippen LogP contribution in [0, 0.1) is 0 Å². The second-order valence-electron chi connectivity index (χ2n) is 7.42. The maximum absolute atomic E-state index is 12.9. The van der Waals surface area contributed by atoms with Crippen LogP contribution in [-0.4, -0.2) is 41.1 Å². The van der Waals surface area contributed by atoms with Gasteiger partial charge in [-0.2, -0.15) is 0 Å². The maximum atomic E-state index is 12.9. The molecule has 0 spiro atoms. The number of hydrogen-bond acceptors (Lipinski definition) is 4. The molecule has 1 saturated heterocycles. The zero-order valence-corrected chi connectivity index (χ0v) is 18.6. The van der Waals surface area contributed by atoms with Gasteiger partial charge in [0.05, 0.1) is 10.2 Å². The molecule has 1 fully saturated rings. The molecule has 0 saturated carbocycles. The van der Waals surface area contributed by atoms with E-state index in [0.29, 0.717) is 35.6 Å². The van der Waals surface area contributed by atoms with Crippen LogP contribution in [0.15, 0.2) is 39.2 Å². The zero-order valence-electron chi connectivity index (χ0n) is 16.3.